The molecule has 0 saturated carbocycles. The van der Waals surface area contributed by atoms with E-state index < -0.39 is 0 Å². The van der Waals surface area contributed by atoms with Gasteiger partial charge in [0.1, 0.15) is 6.26 Å². The number of nitrogens with one attached hydrogen (secondary N) is 1. The van der Waals surface area contributed by atoms with Gasteiger partial charge in [-0.25, -0.2) is 4.98 Å². The van der Waals surface area contributed by atoms with Crippen LogP contribution >= 0.6 is 0 Å². The molecule has 1 atom stereocenters. The highest BCUT2D eigenvalue weighted by Crippen LogP contribution is 2.19. The second-order valence-corrected chi connectivity index (χ2v) is 4.96. The Morgan fingerprint density at radius 3 is 2.95 bits per heavy atom. The van der Waals surface area contributed by atoms with Crippen molar-refractivity contribution in [1.82, 2.24) is 15.2 Å². The van der Waals surface area contributed by atoms with Gasteiger partial charge >= 0.3 is 0 Å². The second kappa shape index (κ2) is 5.46. The molecule has 0 bridgehead atoms. The second-order valence-electron chi connectivity index (χ2n) is 4.96. The first kappa shape index (κ1) is 12.9. The number of oxazole rings is 1. The average Bonchev–Trinajstić information content (AvgIpc) is 2.98. The van der Waals surface area contributed by atoms with Gasteiger partial charge in [0, 0.05) is 31.2 Å². The number of aromatic nitrogens is 1. The van der Waals surface area contributed by atoms with E-state index in [9.17, 15) is 4.79 Å². The molecule has 0 radical (unpaired) electrons. The number of rotatable bonds is 2. The number of amides is 1. The number of nitrogens with zero attached hydrogens (tertiary/aromatic N) is 2. The molecule has 2 heterocycles. The van der Waals surface area contributed by atoms with Crippen LogP contribution in [0.4, 0.5) is 0 Å². The number of piperazine rings is 1. The summed E-state index contributed by atoms with van der Waals surface area (Å²) in [5.41, 5.74) is 1.25. The third-order valence-electron chi connectivity index (χ3n) is 3.51. The molecule has 5 nitrogen and oxygen atoms in total. The summed E-state index contributed by atoms with van der Waals surface area (Å²) in [4.78, 5) is 18.6. The Hall–Kier alpha value is -2.14. The van der Waals surface area contributed by atoms with Gasteiger partial charge < -0.3 is 14.6 Å². The normalized spacial score (nSPS) is 19.1. The van der Waals surface area contributed by atoms with Gasteiger partial charge in [-0.05, 0) is 19.1 Å². The molecule has 104 valence electrons. The van der Waals surface area contributed by atoms with Crippen LogP contribution in [0.25, 0.3) is 11.5 Å². The summed E-state index contributed by atoms with van der Waals surface area (Å²) >= 11 is 0. The SMILES string of the molecule is C[C@H]1CNCCN1C(=O)c1coc(-c2ccccc2)n1. The smallest absolute Gasteiger partial charge is 0.276 e. The zero-order valence-corrected chi connectivity index (χ0v) is 11.4. The van der Waals surface area contributed by atoms with Crippen molar-refractivity contribution in [2.24, 2.45) is 0 Å². The van der Waals surface area contributed by atoms with Crippen LogP contribution in [0.3, 0.4) is 0 Å². The third-order valence-corrected chi connectivity index (χ3v) is 3.51. The van der Waals surface area contributed by atoms with E-state index in [2.05, 4.69) is 10.3 Å². The number of carbonyl (C=O) groups is 1. The molecule has 1 aromatic carbocycles. The molecule has 0 aliphatic carbocycles. The fraction of sp³-hybridized carbons (Fsp3) is 0.333. The van der Waals surface area contributed by atoms with Gasteiger partial charge in [-0.1, -0.05) is 18.2 Å². The minimum Gasteiger partial charge on any atom is -0.444 e. The molecular weight excluding hydrogens is 254 g/mol. The zero-order chi connectivity index (χ0) is 13.9. The Labute approximate surface area is 117 Å². The van der Waals surface area contributed by atoms with Gasteiger partial charge in [-0.2, -0.15) is 0 Å². The van der Waals surface area contributed by atoms with Crippen molar-refractivity contribution in [3.05, 3.63) is 42.3 Å². The van der Waals surface area contributed by atoms with Crippen molar-refractivity contribution in [2.45, 2.75) is 13.0 Å². The average molecular weight is 271 g/mol. The van der Waals surface area contributed by atoms with Gasteiger partial charge in [0.2, 0.25) is 5.89 Å². The number of carbonyl (C=O) groups excluding carboxylic acids is 1. The molecule has 2 aromatic rings. The van der Waals surface area contributed by atoms with Crippen LogP contribution in [0.15, 0.2) is 41.0 Å². The summed E-state index contributed by atoms with van der Waals surface area (Å²) < 4.78 is 5.42. The van der Waals surface area contributed by atoms with Crippen LogP contribution in [-0.2, 0) is 0 Å². The Morgan fingerprint density at radius 2 is 2.20 bits per heavy atom. The summed E-state index contributed by atoms with van der Waals surface area (Å²) in [6.07, 6.45) is 1.44. The number of hydrogen-bond acceptors (Lipinski definition) is 4. The largest absolute Gasteiger partial charge is 0.444 e. The van der Waals surface area contributed by atoms with E-state index in [1.54, 1.807) is 0 Å². The van der Waals surface area contributed by atoms with Crippen LogP contribution < -0.4 is 5.32 Å². The molecule has 1 fully saturated rings. The lowest BCUT2D eigenvalue weighted by molar-refractivity contribution is 0.0649. The molecule has 0 spiro atoms. The lowest BCUT2D eigenvalue weighted by Crippen LogP contribution is -2.52. The summed E-state index contributed by atoms with van der Waals surface area (Å²) in [7, 11) is 0. The van der Waals surface area contributed by atoms with Crippen LogP contribution in [-0.4, -0.2) is 41.5 Å². The van der Waals surface area contributed by atoms with E-state index in [1.165, 1.54) is 6.26 Å². The van der Waals surface area contributed by atoms with Crippen molar-refractivity contribution in [3.63, 3.8) is 0 Å². The molecule has 1 amide bonds. The van der Waals surface area contributed by atoms with E-state index in [0.29, 0.717) is 18.1 Å². The van der Waals surface area contributed by atoms with Gasteiger partial charge in [0.15, 0.2) is 5.69 Å². The van der Waals surface area contributed by atoms with Crippen LogP contribution in [0.1, 0.15) is 17.4 Å². The van der Waals surface area contributed by atoms with E-state index in [4.69, 9.17) is 4.42 Å². The zero-order valence-electron chi connectivity index (χ0n) is 11.4. The quantitative estimate of drug-likeness (QED) is 0.904. The molecule has 1 N–H and O–H groups in total. The first-order chi connectivity index (χ1) is 9.75. The Kier molecular flexibility index (Phi) is 3.52. The predicted octanol–water partition coefficient (Wildman–Crippen LogP) is 1.78. The summed E-state index contributed by atoms with van der Waals surface area (Å²) in [6.45, 7) is 4.37. The summed E-state index contributed by atoms with van der Waals surface area (Å²) in [5.74, 6) is 0.418. The number of benzene rings is 1. The molecule has 0 unspecified atom stereocenters. The van der Waals surface area contributed by atoms with E-state index in [0.717, 1.165) is 18.7 Å². The maximum absolute atomic E-state index is 12.4. The first-order valence-corrected chi connectivity index (χ1v) is 6.78. The maximum atomic E-state index is 12.4. The van der Waals surface area contributed by atoms with Gasteiger partial charge in [0.05, 0.1) is 0 Å². The molecular formula is C15H17N3O2. The molecule has 1 saturated heterocycles. The van der Waals surface area contributed by atoms with E-state index in [1.807, 2.05) is 42.2 Å². The van der Waals surface area contributed by atoms with Crippen molar-refractivity contribution in [3.8, 4) is 11.5 Å². The highest BCUT2D eigenvalue weighted by Gasteiger charge is 2.26. The van der Waals surface area contributed by atoms with Gasteiger partial charge in [-0.3, -0.25) is 4.79 Å². The third kappa shape index (κ3) is 2.44. The van der Waals surface area contributed by atoms with Crippen LogP contribution in [0.5, 0.6) is 0 Å². The molecule has 1 aromatic heterocycles. The fourth-order valence-corrected chi connectivity index (χ4v) is 2.38. The van der Waals surface area contributed by atoms with E-state index >= 15 is 0 Å². The fourth-order valence-electron chi connectivity index (χ4n) is 2.38. The molecule has 3 rings (SSSR count). The first-order valence-electron chi connectivity index (χ1n) is 6.78. The van der Waals surface area contributed by atoms with Crippen molar-refractivity contribution >= 4 is 5.91 Å². The standard InChI is InChI=1S/C15H17N3O2/c1-11-9-16-7-8-18(11)15(19)13-10-20-14(17-13)12-5-3-2-4-6-12/h2-6,10-11,16H,7-9H2,1H3/t11-/m0/s1. The Bertz CT molecular complexity index is 594. The van der Waals surface area contributed by atoms with Crippen molar-refractivity contribution < 1.29 is 9.21 Å². The molecule has 20 heavy (non-hydrogen) atoms. The highest BCUT2D eigenvalue weighted by molar-refractivity contribution is 5.92. The van der Waals surface area contributed by atoms with Crippen molar-refractivity contribution in [1.29, 1.82) is 0 Å². The van der Waals surface area contributed by atoms with Gasteiger partial charge in [-0.15, -0.1) is 0 Å². The maximum Gasteiger partial charge on any atom is 0.276 e. The van der Waals surface area contributed by atoms with Crippen molar-refractivity contribution in [2.75, 3.05) is 19.6 Å². The molecule has 5 heteroatoms. The minimum atomic E-state index is -0.0649. The topological polar surface area (TPSA) is 58.4 Å². The lowest BCUT2D eigenvalue weighted by Gasteiger charge is -2.33. The van der Waals surface area contributed by atoms with E-state index in [-0.39, 0.29) is 11.9 Å². The Morgan fingerprint density at radius 1 is 1.40 bits per heavy atom. The predicted molar refractivity (Wildman–Crippen MR) is 75.3 cm³/mol. The summed E-state index contributed by atoms with van der Waals surface area (Å²) in [6, 6.07) is 9.76. The molecule has 1 aliphatic rings. The monoisotopic (exact) mass is 271 g/mol. The number of hydrogen-bond donors (Lipinski definition) is 1. The minimum absolute atomic E-state index is 0.0649. The lowest BCUT2D eigenvalue weighted by atomic mass is 10.2. The summed E-state index contributed by atoms with van der Waals surface area (Å²) in [5, 5.41) is 3.26. The van der Waals surface area contributed by atoms with Crippen LogP contribution in [0.2, 0.25) is 0 Å². The van der Waals surface area contributed by atoms with Gasteiger partial charge in [0.25, 0.3) is 5.91 Å². The highest BCUT2D eigenvalue weighted by atomic mass is 16.3. The van der Waals surface area contributed by atoms with Crippen LogP contribution in [0, 0.1) is 0 Å². The Balaban J connectivity index is 1.81. The molecule has 1 aliphatic heterocycles.